The minimum atomic E-state index is -0.859. The third kappa shape index (κ3) is 2.13. The first kappa shape index (κ1) is 13.6. The summed E-state index contributed by atoms with van der Waals surface area (Å²) < 4.78 is 1.64. The van der Waals surface area contributed by atoms with Crippen molar-refractivity contribution < 1.29 is 5.11 Å². The summed E-state index contributed by atoms with van der Waals surface area (Å²) in [6.07, 6.45) is 6.05. The molecule has 0 amide bonds. The number of pyridine rings is 1. The van der Waals surface area contributed by atoms with Gasteiger partial charge in [-0.2, -0.15) is 0 Å². The molecule has 1 aliphatic rings. The molecule has 5 nitrogen and oxygen atoms in total. The Morgan fingerprint density at radius 2 is 2.30 bits per heavy atom. The molecule has 0 aliphatic heterocycles. The second kappa shape index (κ2) is 4.86. The first-order valence-corrected chi connectivity index (χ1v) is 7.90. The molecule has 1 aliphatic carbocycles. The van der Waals surface area contributed by atoms with Crippen LogP contribution >= 0.6 is 11.8 Å². The standard InChI is InChI=1S/C14H17N3O2S/c1-14(19)7-3-4-10(14)17-11(18)6-5-9-8-15-13(20-2)16-12(9)17/h5-6,8,10,19H,3-4,7H2,1-2H3/t10-,14-/m0/s1. The molecule has 0 aromatic carbocycles. The van der Waals surface area contributed by atoms with Crippen molar-refractivity contribution in [2.24, 2.45) is 0 Å². The van der Waals surface area contributed by atoms with Crippen LogP contribution in [0.5, 0.6) is 0 Å². The molecule has 0 unspecified atom stereocenters. The third-order valence-corrected chi connectivity index (χ3v) is 4.58. The first-order chi connectivity index (χ1) is 9.53. The van der Waals surface area contributed by atoms with Crippen LogP contribution in [0.15, 0.2) is 28.3 Å². The predicted octanol–water partition coefficient (Wildman–Crippen LogP) is 1.99. The summed E-state index contributed by atoms with van der Waals surface area (Å²) in [7, 11) is 0. The van der Waals surface area contributed by atoms with E-state index in [1.165, 1.54) is 17.8 Å². The van der Waals surface area contributed by atoms with Crippen molar-refractivity contribution in [1.82, 2.24) is 14.5 Å². The van der Waals surface area contributed by atoms with Gasteiger partial charge in [-0.25, -0.2) is 9.97 Å². The van der Waals surface area contributed by atoms with E-state index in [1.54, 1.807) is 23.8 Å². The SMILES string of the molecule is CSc1ncc2ccc(=O)n([C@H]3CCC[C@]3(C)O)c2n1. The monoisotopic (exact) mass is 291 g/mol. The van der Waals surface area contributed by atoms with Crippen molar-refractivity contribution in [3.63, 3.8) is 0 Å². The number of hydrogen-bond donors (Lipinski definition) is 1. The van der Waals surface area contributed by atoms with E-state index in [0.717, 1.165) is 18.2 Å². The summed E-state index contributed by atoms with van der Waals surface area (Å²) in [4.78, 5) is 21.0. The molecule has 0 saturated heterocycles. The van der Waals surface area contributed by atoms with Crippen LogP contribution < -0.4 is 5.56 Å². The van der Waals surface area contributed by atoms with Gasteiger partial charge in [0, 0.05) is 17.6 Å². The third-order valence-electron chi connectivity index (χ3n) is 4.02. The summed E-state index contributed by atoms with van der Waals surface area (Å²) in [6.45, 7) is 1.80. The van der Waals surface area contributed by atoms with E-state index >= 15 is 0 Å². The highest BCUT2D eigenvalue weighted by Crippen LogP contribution is 2.39. The van der Waals surface area contributed by atoms with Crippen molar-refractivity contribution in [3.05, 3.63) is 28.7 Å². The Morgan fingerprint density at radius 3 is 2.95 bits per heavy atom. The van der Waals surface area contributed by atoms with Crippen molar-refractivity contribution >= 4 is 22.8 Å². The summed E-state index contributed by atoms with van der Waals surface area (Å²) in [6, 6.07) is 3.05. The predicted molar refractivity (Wildman–Crippen MR) is 79.1 cm³/mol. The Bertz CT molecular complexity index is 711. The number of hydrogen-bond acceptors (Lipinski definition) is 5. The number of nitrogens with zero attached hydrogens (tertiary/aromatic N) is 3. The molecule has 6 heteroatoms. The highest BCUT2D eigenvalue weighted by Gasteiger charge is 2.39. The maximum absolute atomic E-state index is 12.3. The van der Waals surface area contributed by atoms with Gasteiger partial charge >= 0.3 is 0 Å². The first-order valence-electron chi connectivity index (χ1n) is 6.67. The molecule has 0 radical (unpaired) electrons. The fourth-order valence-electron chi connectivity index (χ4n) is 2.96. The largest absolute Gasteiger partial charge is 0.388 e. The normalized spacial score (nSPS) is 26.2. The van der Waals surface area contributed by atoms with Gasteiger partial charge in [-0.15, -0.1) is 0 Å². The Kier molecular flexibility index (Phi) is 3.30. The Labute approximate surface area is 121 Å². The minimum Gasteiger partial charge on any atom is -0.388 e. The van der Waals surface area contributed by atoms with E-state index in [0.29, 0.717) is 17.2 Å². The van der Waals surface area contributed by atoms with Gasteiger partial charge < -0.3 is 5.11 Å². The van der Waals surface area contributed by atoms with Crippen LogP contribution in [0.1, 0.15) is 32.2 Å². The van der Waals surface area contributed by atoms with E-state index in [-0.39, 0.29) is 11.6 Å². The van der Waals surface area contributed by atoms with Crippen LogP contribution in [-0.4, -0.2) is 31.5 Å². The topological polar surface area (TPSA) is 68.0 Å². The molecular weight excluding hydrogens is 274 g/mol. The molecule has 1 saturated carbocycles. The second-order valence-corrected chi connectivity index (χ2v) is 6.22. The maximum atomic E-state index is 12.3. The Hall–Kier alpha value is -1.40. The summed E-state index contributed by atoms with van der Waals surface area (Å²) in [5.41, 5.74) is -0.359. The molecule has 20 heavy (non-hydrogen) atoms. The Morgan fingerprint density at radius 1 is 1.50 bits per heavy atom. The molecule has 2 atom stereocenters. The zero-order valence-electron chi connectivity index (χ0n) is 11.5. The summed E-state index contributed by atoms with van der Waals surface area (Å²) >= 11 is 1.44. The van der Waals surface area contributed by atoms with Crippen molar-refractivity contribution in [1.29, 1.82) is 0 Å². The quantitative estimate of drug-likeness (QED) is 0.677. The lowest BCUT2D eigenvalue weighted by Crippen LogP contribution is -2.37. The molecule has 0 bridgehead atoms. The van der Waals surface area contributed by atoms with E-state index in [2.05, 4.69) is 9.97 Å². The van der Waals surface area contributed by atoms with Crippen LogP contribution in [-0.2, 0) is 0 Å². The van der Waals surface area contributed by atoms with Crippen LogP contribution in [0, 0.1) is 0 Å². The average Bonchev–Trinajstić information content (AvgIpc) is 2.77. The smallest absolute Gasteiger partial charge is 0.252 e. The molecule has 106 valence electrons. The van der Waals surface area contributed by atoms with Gasteiger partial charge in [0.2, 0.25) is 0 Å². The van der Waals surface area contributed by atoms with Gasteiger partial charge in [0.15, 0.2) is 5.16 Å². The molecule has 2 aromatic heterocycles. The summed E-state index contributed by atoms with van der Waals surface area (Å²) in [5.74, 6) is 0. The maximum Gasteiger partial charge on any atom is 0.252 e. The van der Waals surface area contributed by atoms with Gasteiger partial charge in [-0.1, -0.05) is 11.8 Å². The highest BCUT2D eigenvalue weighted by molar-refractivity contribution is 7.98. The van der Waals surface area contributed by atoms with Gasteiger partial charge in [-0.3, -0.25) is 9.36 Å². The fraction of sp³-hybridized carbons (Fsp3) is 0.500. The van der Waals surface area contributed by atoms with E-state index in [4.69, 9.17) is 0 Å². The molecule has 2 heterocycles. The van der Waals surface area contributed by atoms with E-state index in [9.17, 15) is 9.90 Å². The minimum absolute atomic E-state index is 0.115. The molecule has 1 N–H and O–H groups in total. The molecule has 0 spiro atoms. The van der Waals surface area contributed by atoms with Crippen LogP contribution in [0.3, 0.4) is 0 Å². The molecule has 2 aromatic rings. The highest BCUT2D eigenvalue weighted by atomic mass is 32.2. The fourth-order valence-corrected chi connectivity index (χ4v) is 3.30. The van der Waals surface area contributed by atoms with Gasteiger partial charge in [0.05, 0.1) is 11.6 Å². The van der Waals surface area contributed by atoms with Gasteiger partial charge in [0.1, 0.15) is 5.65 Å². The number of aromatic nitrogens is 3. The van der Waals surface area contributed by atoms with Crippen LogP contribution in [0.2, 0.25) is 0 Å². The van der Waals surface area contributed by atoms with Crippen molar-refractivity contribution in [2.75, 3.05) is 6.26 Å². The molecule has 1 fully saturated rings. The second-order valence-electron chi connectivity index (χ2n) is 5.44. The Balaban J connectivity index is 2.28. The summed E-state index contributed by atoms with van der Waals surface area (Å²) in [5, 5.41) is 12.0. The lowest BCUT2D eigenvalue weighted by Gasteiger charge is -2.28. The lowest BCUT2D eigenvalue weighted by molar-refractivity contribution is 0.0266. The molecule has 3 rings (SSSR count). The molecular formula is C14H17N3O2S. The van der Waals surface area contributed by atoms with Gasteiger partial charge in [0.25, 0.3) is 5.56 Å². The van der Waals surface area contributed by atoms with E-state index < -0.39 is 5.60 Å². The average molecular weight is 291 g/mol. The number of fused-ring (bicyclic) bond motifs is 1. The number of thioether (sulfide) groups is 1. The van der Waals surface area contributed by atoms with Gasteiger partial charge in [-0.05, 0) is 38.5 Å². The van der Waals surface area contributed by atoms with E-state index in [1.807, 2.05) is 6.26 Å². The number of rotatable bonds is 2. The lowest BCUT2D eigenvalue weighted by atomic mass is 10.00. The van der Waals surface area contributed by atoms with Crippen molar-refractivity contribution in [3.8, 4) is 0 Å². The van der Waals surface area contributed by atoms with Crippen LogP contribution in [0.4, 0.5) is 0 Å². The van der Waals surface area contributed by atoms with Crippen LogP contribution in [0.25, 0.3) is 11.0 Å². The number of aliphatic hydroxyl groups is 1. The zero-order valence-corrected chi connectivity index (χ0v) is 12.4. The zero-order chi connectivity index (χ0) is 14.3. The van der Waals surface area contributed by atoms with Crippen molar-refractivity contribution in [2.45, 2.75) is 43.0 Å².